The number of rotatable bonds is 5. The summed E-state index contributed by atoms with van der Waals surface area (Å²) in [6.07, 6.45) is 2.61. The van der Waals surface area contributed by atoms with Crippen LogP contribution in [0.15, 0.2) is 59.5 Å². The average Bonchev–Trinajstić information content (AvgIpc) is 2.85. The fourth-order valence-electron chi connectivity index (χ4n) is 4.34. The molecular weight excluding hydrogens is 455 g/mol. The van der Waals surface area contributed by atoms with E-state index in [2.05, 4.69) is 11.8 Å². The summed E-state index contributed by atoms with van der Waals surface area (Å²) in [4.78, 5) is 11.8. The van der Waals surface area contributed by atoms with Crippen molar-refractivity contribution in [1.82, 2.24) is 14.3 Å². The van der Waals surface area contributed by atoms with Crippen LogP contribution in [0.5, 0.6) is 11.6 Å². The summed E-state index contributed by atoms with van der Waals surface area (Å²) in [5, 5.41) is 0. The standard InChI is InChI=1S/C25H27FN4O3S/c1-18-11-14-29(15-12-18)25-27-23-13-16-30(34(31,32)21-9-7-19(26)8-10-21)17-22(23)24(28-25)33-20-5-3-2-4-6-20/h2-10,18H,11-17H2,1H3. The Kier molecular flexibility index (Phi) is 6.22. The summed E-state index contributed by atoms with van der Waals surface area (Å²) in [6.45, 7) is 4.40. The van der Waals surface area contributed by atoms with Crippen LogP contribution in [0.25, 0.3) is 0 Å². The van der Waals surface area contributed by atoms with E-state index in [4.69, 9.17) is 14.7 Å². The number of benzene rings is 2. The van der Waals surface area contributed by atoms with Crippen molar-refractivity contribution in [2.24, 2.45) is 5.92 Å². The molecule has 0 saturated carbocycles. The molecule has 34 heavy (non-hydrogen) atoms. The molecule has 0 radical (unpaired) electrons. The summed E-state index contributed by atoms with van der Waals surface area (Å²) >= 11 is 0. The minimum atomic E-state index is -3.80. The molecule has 3 aromatic rings. The number of sulfonamides is 1. The van der Waals surface area contributed by atoms with E-state index in [0.717, 1.165) is 43.8 Å². The van der Waals surface area contributed by atoms with Crippen molar-refractivity contribution in [3.63, 3.8) is 0 Å². The van der Waals surface area contributed by atoms with Crippen molar-refractivity contribution in [2.75, 3.05) is 24.5 Å². The lowest BCUT2D eigenvalue weighted by Gasteiger charge is -2.33. The molecule has 5 rings (SSSR count). The van der Waals surface area contributed by atoms with Gasteiger partial charge in [0, 0.05) is 32.6 Å². The molecule has 0 bridgehead atoms. The van der Waals surface area contributed by atoms with Gasteiger partial charge in [-0.25, -0.2) is 17.8 Å². The zero-order valence-corrected chi connectivity index (χ0v) is 19.8. The van der Waals surface area contributed by atoms with E-state index in [0.29, 0.717) is 35.5 Å². The molecule has 0 atom stereocenters. The molecule has 0 amide bonds. The number of halogens is 1. The van der Waals surface area contributed by atoms with Crippen molar-refractivity contribution in [2.45, 2.75) is 37.6 Å². The molecule has 2 aliphatic rings. The Balaban J connectivity index is 1.50. The number of nitrogens with zero attached hydrogens (tertiary/aromatic N) is 4. The molecule has 7 nitrogen and oxygen atoms in total. The fourth-order valence-corrected chi connectivity index (χ4v) is 5.75. The Morgan fingerprint density at radius 2 is 1.68 bits per heavy atom. The topological polar surface area (TPSA) is 75.6 Å². The van der Waals surface area contributed by atoms with Gasteiger partial charge in [0.15, 0.2) is 0 Å². The van der Waals surface area contributed by atoms with E-state index in [1.54, 1.807) is 0 Å². The van der Waals surface area contributed by atoms with E-state index in [9.17, 15) is 12.8 Å². The van der Waals surface area contributed by atoms with Crippen molar-refractivity contribution in [1.29, 1.82) is 0 Å². The summed E-state index contributed by atoms with van der Waals surface area (Å²) in [7, 11) is -3.80. The first-order valence-corrected chi connectivity index (χ1v) is 13.0. The zero-order chi connectivity index (χ0) is 23.7. The molecule has 0 spiro atoms. The lowest BCUT2D eigenvalue weighted by atomic mass is 9.99. The van der Waals surface area contributed by atoms with Gasteiger partial charge in [0.2, 0.25) is 21.9 Å². The molecule has 1 fully saturated rings. The van der Waals surface area contributed by atoms with Crippen LogP contribution in [0.2, 0.25) is 0 Å². The normalized spacial score (nSPS) is 17.4. The Hall–Kier alpha value is -3.04. The number of aromatic nitrogens is 2. The molecule has 3 heterocycles. The second-order valence-corrected chi connectivity index (χ2v) is 10.8. The maximum Gasteiger partial charge on any atom is 0.243 e. The summed E-state index contributed by atoms with van der Waals surface area (Å²) in [6, 6.07) is 14.2. The molecular formula is C25H27FN4O3S. The zero-order valence-electron chi connectivity index (χ0n) is 19.0. The molecule has 1 saturated heterocycles. The monoisotopic (exact) mass is 482 g/mol. The van der Waals surface area contributed by atoms with Gasteiger partial charge in [-0.2, -0.15) is 9.29 Å². The number of anilines is 1. The van der Waals surface area contributed by atoms with E-state index in [-0.39, 0.29) is 18.0 Å². The Bertz CT molecular complexity index is 1260. The molecule has 1 aromatic heterocycles. The number of hydrogen-bond donors (Lipinski definition) is 0. The molecule has 2 aliphatic heterocycles. The van der Waals surface area contributed by atoms with Crippen LogP contribution in [0.4, 0.5) is 10.3 Å². The second kappa shape index (κ2) is 9.31. The third-order valence-corrected chi connectivity index (χ3v) is 8.31. The Labute approximate surface area is 199 Å². The Morgan fingerprint density at radius 1 is 0.971 bits per heavy atom. The predicted octanol–water partition coefficient (Wildman–Crippen LogP) is 4.39. The van der Waals surface area contributed by atoms with Crippen LogP contribution < -0.4 is 9.64 Å². The maximum absolute atomic E-state index is 13.3. The molecule has 0 N–H and O–H groups in total. The molecule has 0 aliphatic carbocycles. The van der Waals surface area contributed by atoms with E-state index < -0.39 is 15.8 Å². The highest BCUT2D eigenvalue weighted by molar-refractivity contribution is 7.89. The molecule has 2 aromatic carbocycles. The van der Waals surface area contributed by atoms with Gasteiger partial charge in [-0.05, 0) is 55.2 Å². The number of fused-ring (bicyclic) bond motifs is 1. The SMILES string of the molecule is CC1CCN(c2nc3c(c(Oc4ccccc4)n2)CN(S(=O)(=O)c2ccc(F)cc2)CC3)CC1. The van der Waals surface area contributed by atoms with Gasteiger partial charge < -0.3 is 9.64 Å². The molecule has 178 valence electrons. The van der Waals surface area contributed by atoms with E-state index in [1.807, 2.05) is 30.3 Å². The van der Waals surface area contributed by atoms with Crippen LogP contribution in [0, 0.1) is 11.7 Å². The number of hydrogen-bond acceptors (Lipinski definition) is 6. The van der Waals surface area contributed by atoms with Gasteiger partial charge in [0.25, 0.3) is 0 Å². The Morgan fingerprint density at radius 3 is 2.38 bits per heavy atom. The highest BCUT2D eigenvalue weighted by Gasteiger charge is 2.33. The highest BCUT2D eigenvalue weighted by Crippen LogP contribution is 2.34. The van der Waals surface area contributed by atoms with Gasteiger partial charge in [0.05, 0.1) is 16.2 Å². The van der Waals surface area contributed by atoms with E-state index >= 15 is 0 Å². The largest absolute Gasteiger partial charge is 0.439 e. The number of ether oxygens (including phenoxy) is 1. The van der Waals surface area contributed by atoms with Crippen LogP contribution in [-0.4, -0.2) is 42.3 Å². The molecule has 0 unspecified atom stereocenters. The predicted molar refractivity (Wildman–Crippen MR) is 127 cm³/mol. The summed E-state index contributed by atoms with van der Waals surface area (Å²) in [5.41, 5.74) is 1.47. The van der Waals surface area contributed by atoms with Crippen LogP contribution in [0.3, 0.4) is 0 Å². The number of para-hydroxylation sites is 1. The second-order valence-electron chi connectivity index (χ2n) is 8.88. The van der Waals surface area contributed by atoms with Crippen LogP contribution >= 0.6 is 0 Å². The third kappa shape index (κ3) is 4.63. The maximum atomic E-state index is 13.3. The van der Waals surface area contributed by atoms with Crippen molar-refractivity contribution in [3.05, 3.63) is 71.7 Å². The average molecular weight is 483 g/mol. The smallest absolute Gasteiger partial charge is 0.243 e. The highest BCUT2D eigenvalue weighted by atomic mass is 32.2. The van der Waals surface area contributed by atoms with Crippen molar-refractivity contribution >= 4 is 16.0 Å². The summed E-state index contributed by atoms with van der Waals surface area (Å²) < 4.78 is 47.4. The van der Waals surface area contributed by atoms with Gasteiger partial charge in [-0.1, -0.05) is 25.1 Å². The van der Waals surface area contributed by atoms with Crippen molar-refractivity contribution in [3.8, 4) is 11.6 Å². The third-order valence-electron chi connectivity index (χ3n) is 6.45. The first-order chi connectivity index (χ1) is 16.4. The summed E-state index contributed by atoms with van der Waals surface area (Å²) in [5.74, 6) is 1.84. The van der Waals surface area contributed by atoms with Gasteiger partial charge in [0.1, 0.15) is 11.6 Å². The lowest BCUT2D eigenvalue weighted by molar-refractivity contribution is 0.368. The van der Waals surface area contributed by atoms with Gasteiger partial charge in [-0.3, -0.25) is 0 Å². The lowest BCUT2D eigenvalue weighted by Crippen LogP contribution is -2.38. The number of piperidine rings is 1. The van der Waals surface area contributed by atoms with Gasteiger partial charge in [-0.15, -0.1) is 0 Å². The van der Waals surface area contributed by atoms with Crippen molar-refractivity contribution < 1.29 is 17.5 Å². The quantitative estimate of drug-likeness (QED) is 0.537. The molecule has 9 heteroatoms. The van der Waals surface area contributed by atoms with E-state index in [1.165, 1.54) is 16.4 Å². The van der Waals surface area contributed by atoms with Crippen LogP contribution in [0.1, 0.15) is 31.0 Å². The first kappa shape index (κ1) is 22.7. The fraction of sp³-hybridized carbons (Fsp3) is 0.360. The van der Waals surface area contributed by atoms with Crippen LogP contribution in [-0.2, 0) is 23.0 Å². The minimum absolute atomic E-state index is 0.0582. The van der Waals surface area contributed by atoms with Gasteiger partial charge >= 0.3 is 0 Å². The first-order valence-electron chi connectivity index (χ1n) is 11.5. The minimum Gasteiger partial charge on any atom is -0.439 e.